The summed E-state index contributed by atoms with van der Waals surface area (Å²) in [4.78, 5) is 84.5. The van der Waals surface area contributed by atoms with Crippen LogP contribution in [0.2, 0.25) is 0 Å². The minimum absolute atomic E-state index is 0. The van der Waals surface area contributed by atoms with Crippen LogP contribution in [0.25, 0.3) is 0 Å². The standard InChI is InChI=1S/C36H60N2O4.C22H30O6.C8H20N2.6K.2H/c1-25(2)17-13-11-9-10-12-16-20-37-27(33-29(39)21-35(5,6)22-30(33)40)18-14-15-19-28(38-26(3)4)34-31(41)23-36(7,8)24-32(34)42;1-21(2)9-15(25)19(16(26)10-21)13(23)7-5-6-8-14(24)20-17(27)11-22(3,4)12-18(20)28;9-7-5-3-1-2-4-6-8-10;;;;;;;;/h25-26,39,41H,9-24H2,1-8H3;23-24H,5-12H2,1-4H3;1-10H2;;;;;;;;/q;;;;;;;2*+1;2*-1/i;;;;;;;;;1+1;. The van der Waals surface area contributed by atoms with Gasteiger partial charge >= 0.3 is 229 Å². The molecule has 0 amide bonds. The average Bonchev–Trinajstić information content (AvgIpc) is 2.77. The molecule has 0 atom stereocenters. The molecule has 0 aromatic heterocycles. The first-order valence-corrected chi connectivity index (χ1v) is 64.7. The van der Waals surface area contributed by atoms with Crippen molar-refractivity contribution in [2.75, 3.05) is 19.6 Å². The second kappa shape index (κ2) is 52.3. The first kappa shape index (κ1) is 95.4. The van der Waals surface area contributed by atoms with Crippen molar-refractivity contribution in [2.24, 2.45) is 49.0 Å². The van der Waals surface area contributed by atoms with Gasteiger partial charge in [0.25, 0.3) is 0 Å². The number of aliphatic hydroxyl groups is 4. The number of aliphatic imine (C=N–C) groups is 2. The van der Waals surface area contributed by atoms with Crippen molar-refractivity contribution >= 4 is 172 Å². The Labute approximate surface area is 700 Å². The van der Waals surface area contributed by atoms with Crippen LogP contribution >= 0.6 is 0 Å². The number of carbonyl (C=O) groups excluding carboxylic acids is 6. The van der Waals surface area contributed by atoms with Crippen LogP contribution in [0, 0.1) is 27.6 Å². The van der Waals surface area contributed by atoms with Crippen molar-refractivity contribution in [3.8, 4) is 0 Å². The summed E-state index contributed by atoms with van der Waals surface area (Å²) in [7, 11) is 0. The Morgan fingerprint density at radius 1 is 0.453 bits per heavy atom. The topological polar surface area (TPSA) is 260 Å². The molecular formula is C66H112K6N4O10. The zero-order chi connectivity index (χ0) is 64.4. The first-order valence-electron chi connectivity index (χ1n) is 32.7. The van der Waals surface area contributed by atoms with Crippen molar-refractivity contribution in [1.29, 1.82) is 0 Å². The van der Waals surface area contributed by atoms with Gasteiger partial charge in [-0.15, -0.1) is 0 Å². The summed E-state index contributed by atoms with van der Waals surface area (Å²) >= 11 is 5.00. The summed E-state index contributed by atoms with van der Waals surface area (Å²) < 4.78 is 0. The van der Waals surface area contributed by atoms with E-state index in [0.29, 0.717) is 74.8 Å². The van der Waals surface area contributed by atoms with E-state index < -0.39 is 0 Å². The van der Waals surface area contributed by atoms with E-state index >= 15 is 0 Å². The second-order valence-corrected chi connectivity index (χ2v) is 27.3. The number of rotatable bonds is 29. The number of nitrogens with zero attached hydrogens (tertiary/aromatic N) is 2. The van der Waals surface area contributed by atoms with Gasteiger partial charge in [-0.25, -0.2) is 0 Å². The normalized spacial score (nSPS) is 18.2. The molecule has 0 heterocycles. The molecule has 0 radical (unpaired) electrons. The number of carbonyl (C=O) groups is 6. The van der Waals surface area contributed by atoms with Crippen LogP contribution in [0.1, 0.15) is 272 Å². The van der Waals surface area contributed by atoms with E-state index in [1.165, 1.54) is 197 Å². The first-order chi connectivity index (χ1) is 39.4. The summed E-state index contributed by atoms with van der Waals surface area (Å²) in [5.41, 5.74) is 11.5. The molecule has 462 valence electrons. The Balaban J connectivity index is -0.000000431. The number of ketones is 6. The molecule has 0 saturated heterocycles. The third kappa shape index (κ3) is 41.0. The fraction of sp³-hybridized carbons (Fsp3) is 0.758. The van der Waals surface area contributed by atoms with Gasteiger partial charge in [-0.2, -0.15) is 0 Å². The maximum absolute atomic E-state index is 13.1. The summed E-state index contributed by atoms with van der Waals surface area (Å²) in [5.74, 6) is -0.665. The SMILES string of the molecule is CC(C)CCCCCCCCN=C(CCCCC(=NC(C)C)C1=C(O)CC(C)(C)CC1=O)C1=C(O)CC(C)(C)CC1=O.CC1(C)CC(=O)C(=C(O)CCCCC(O)=C2C(=O)CC(C)(C)CC2=O)C(=O)C1.NCCCCCCCCN.[2H-].[H-].[K+].[K+].[K][K].[K][K]. The van der Waals surface area contributed by atoms with Gasteiger partial charge in [0.05, 0.1) is 22.3 Å². The number of hydrogen-bond donors (Lipinski definition) is 6. The Morgan fingerprint density at radius 3 is 1.08 bits per heavy atom. The molecular weight excluding hydrogens is 1240 g/mol. The quantitative estimate of drug-likeness (QED) is 0.0105. The molecule has 4 rings (SSSR count). The molecule has 86 heavy (non-hydrogen) atoms. The van der Waals surface area contributed by atoms with Gasteiger partial charge in [-0.05, 0) is 112 Å². The molecule has 0 spiro atoms. The van der Waals surface area contributed by atoms with Gasteiger partial charge in [-0.1, -0.05) is 133 Å². The second-order valence-electron chi connectivity index (χ2n) is 27.3. The van der Waals surface area contributed by atoms with Crippen molar-refractivity contribution in [3.63, 3.8) is 0 Å². The third-order valence-electron chi connectivity index (χ3n) is 15.3. The van der Waals surface area contributed by atoms with Crippen molar-refractivity contribution in [2.45, 2.75) is 275 Å². The summed E-state index contributed by atoms with van der Waals surface area (Å²) in [6.07, 6.45) is 22.6. The molecule has 14 nitrogen and oxygen atoms in total. The number of Topliss-reactive ketones (excluding diaryl/α,β-unsaturated/α-hetero) is 6. The Hall–Kier alpha value is 5.26. The molecule has 0 bridgehead atoms. The molecule has 0 aliphatic heterocycles. The summed E-state index contributed by atoms with van der Waals surface area (Å²) in [6, 6.07) is 0.0145. The van der Waals surface area contributed by atoms with Crippen molar-refractivity contribution in [1.82, 2.24) is 0 Å². The van der Waals surface area contributed by atoms with E-state index in [-0.39, 0.29) is 241 Å². The summed E-state index contributed by atoms with van der Waals surface area (Å²) in [6.45, 7) is 26.3. The number of unbranched alkanes of at least 4 members (excludes halogenated alkanes) is 12. The maximum atomic E-state index is 13.1. The zero-order valence-corrected chi connectivity index (χ0v) is 76.8. The van der Waals surface area contributed by atoms with E-state index in [1.807, 2.05) is 69.2 Å². The predicted molar refractivity (Wildman–Crippen MR) is 351 cm³/mol. The van der Waals surface area contributed by atoms with Gasteiger partial charge < -0.3 is 34.7 Å². The third-order valence-corrected chi connectivity index (χ3v) is 15.3. The number of aliphatic hydroxyl groups excluding tert-OH is 4. The van der Waals surface area contributed by atoms with E-state index in [2.05, 4.69) is 13.8 Å². The molecule has 20 heteroatoms. The average molecular weight is 1360 g/mol. The molecule has 8 N–H and O–H groups in total. The fourth-order valence-electron chi connectivity index (χ4n) is 11.3. The van der Waals surface area contributed by atoms with Gasteiger partial charge in [0, 0.05) is 88.2 Å². The molecule has 4 aliphatic rings. The molecule has 4 aliphatic carbocycles. The van der Waals surface area contributed by atoms with Crippen molar-refractivity contribution in [3.05, 3.63) is 45.3 Å². The monoisotopic (exact) mass is 1360 g/mol. The van der Waals surface area contributed by atoms with Crippen LogP contribution < -0.4 is 114 Å². The number of hydrogen-bond acceptors (Lipinski definition) is 14. The van der Waals surface area contributed by atoms with Gasteiger partial charge in [-0.3, -0.25) is 38.8 Å². The van der Waals surface area contributed by atoms with E-state index in [4.69, 9.17) is 21.5 Å². The van der Waals surface area contributed by atoms with Crippen LogP contribution in [-0.4, -0.2) is 219 Å². The summed E-state index contributed by atoms with van der Waals surface area (Å²) in [5, 5.41) is 42.1. The zero-order valence-electron chi connectivity index (χ0n) is 60.1. The van der Waals surface area contributed by atoms with Crippen LogP contribution in [0.4, 0.5) is 0 Å². The van der Waals surface area contributed by atoms with E-state index in [0.717, 1.165) is 50.4 Å². The van der Waals surface area contributed by atoms with E-state index in [1.54, 1.807) is 0 Å². The molecule has 2 fully saturated rings. The van der Waals surface area contributed by atoms with Gasteiger partial charge in [0.2, 0.25) is 0 Å². The van der Waals surface area contributed by atoms with Crippen molar-refractivity contribution < 1.29 is 155 Å². The Kier molecular flexibility index (Phi) is 58.0. The van der Waals surface area contributed by atoms with Crippen LogP contribution in [-0.2, 0) is 28.8 Å². The molecule has 0 unspecified atom stereocenters. The van der Waals surface area contributed by atoms with Crippen LogP contribution in [0.5, 0.6) is 0 Å². The molecule has 0 aromatic rings. The van der Waals surface area contributed by atoms with Gasteiger partial charge in [0.15, 0.2) is 34.7 Å². The predicted octanol–water partition coefficient (Wildman–Crippen LogP) is 7.67. The fourth-order valence-corrected chi connectivity index (χ4v) is 11.3. The number of nitrogens with two attached hydrogens (primary N) is 2. The molecule has 2 saturated carbocycles. The van der Waals surface area contributed by atoms with Crippen LogP contribution in [0.15, 0.2) is 55.3 Å². The van der Waals surface area contributed by atoms with Crippen LogP contribution in [0.3, 0.4) is 0 Å². The number of allylic oxidation sites excluding steroid dienone is 8. The molecule has 0 aromatic carbocycles. The Bertz CT molecular complexity index is 2210. The minimum atomic E-state index is -0.385. The van der Waals surface area contributed by atoms with E-state index in [9.17, 15) is 49.2 Å². The van der Waals surface area contributed by atoms with Gasteiger partial charge in [0.1, 0.15) is 23.0 Å². The Morgan fingerprint density at radius 2 is 0.744 bits per heavy atom.